The van der Waals surface area contributed by atoms with Crippen molar-refractivity contribution in [2.24, 2.45) is 10.6 Å². The largest absolute Gasteiger partial charge is 0.491 e. The van der Waals surface area contributed by atoms with E-state index in [0.29, 0.717) is 25.2 Å². The smallest absolute Gasteiger partial charge is 0.209 e. The third kappa shape index (κ3) is 4.80. The third-order valence-electron chi connectivity index (χ3n) is 3.50. The van der Waals surface area contributed by atoms with Crippen LogP contribution in [0.3, 0.4) is 0 Å². The fourth-order valence-electron chi connectivity index (χ4n) is 1.98. The zero-order valence-corrected chi connectivity index (χ0v) is 12.5. The highest BCUT2D eigenvalue weighted by Crippen LogP contribution is 2.29. The first-order chi connectivity index (χ1) is 8.82. The topological polar surface area (TPSA) is 82.3 Å². The van der Waals surface area contributed by atoms with Crippen molar-refractivity contribution in [3.63, 3.8) is 0 Å². The van der Waals surface area contributed by atoms with Gasteiger partial charge in [-0.3, -0.25) is 4.98 Å². The Labute approximate surface area is 115 Å². The van der Waals surface area contributed by atoms with Crippen LogP contribution >= 0.6 is 0 Å². The van der Waals surface area contributed by atoms with E-state index < -0.39 is 15.4 Å². The number of hydrogen-bond acceptors (Lipinski definition) is 4. The number of aryl methyl sites for hydroxylation is 1. The third-order valence-corrected chi connectivity index (χ3v) is 4.51. The molecule has 0 aliphatic carbocycles. The van der Waals surface area contributed by atoms with Crippen LogP contribution in [0.15, 0.2) is 18.3 Å². The van der Waals surface area contributed by atoms with Gasteiger partial charge in [-0.2, -0.15) is 0 Å². The van der Waals surface area contributed by atoms with Crippen LogP contribution < -0.4 is 9.88 Å². The summed E-state index contributed by atoms with van der Waals surface area (Å²) < 4.78 is 28.5. The van der Waals surface area contributed by atoms with E-state index >= 15 is 0 Å². The summed E-state index contributed by atoms with van der Waals surface area (Å²) in [7, 11) is -3.52. The summed E-state index contributed by atoms with van der Waals surface area (Å²) >= 11 is 0. The van der Waals surface area contributed by atoms with E-state index in [4.69, 9.17) is 9.88 Å². The zero-order valence-electron chi connectivity index (χ0n) is 11.7. The predicted octanol–water partition coefficient (Wildman–Crippen LogP) is 1.86. The maximum absolute atomic E-state index is 11.4. The summed E-state index contributed by atoms with van der Waals surface area (Å²) in [6, 6.07) is 3.62. The van der Waals surface area contributed by atoms with Crippen molar-refractivity contribution in [2.45, 2.75) is 33.6 Å². The maximum atomic E-state index is 11.4. The highest BCUT2D eigenvalue weighted by atomic mass is 32.2. The zero-order chi connectivity index (χ0) is 14.5. The Morgan fingerprint density at radius 2 is 2.00 bits per heavy atom. The molecule has 0 spiro atoms. The molecule has 1 heterocycles. The normalized spacial score (nSPS) is 12.4. The number of pyridine rings is 1. The lowest BCUT2D eigenvalue weighted by atomic mass is 9.85. The van der Waals surface area contributed by atoms with Gasteiger partial charge >= 0.3 is 0 Å². The SMILES string of the molecule is CCC(CC)(COc1cccnc1C)CS(N)(=O)=O. The molecule has 0 amide bonds. The van der Waals surface area contributed by atoms with Gasteiger partial charge in [0.1, 0.15) is 5.75 Å². The quantitative estimate of drug-likeness (QED) is 0.829. The van der Waals surface area contributed by atoms with Gasteiger partial charge in [-0.05, 0) is 31.9 Å². The van der Waals surface area contributed by atoms with Crippen molar-refractivity contribution in [1.82, 2.24) is 4.98 Å². The molecule has 108 valence electrons. The molecule has 0 bridgehead atoms. The molecule has 2 N–H and O–H groups in total. The maximum Gasteiger partial charge on any atom is 0.209 e. The van der Waals surface area contributed by atoms with E-state index in [1.54, 1.807) is 12.3 Å². The van der Waals surface area contributed by atoms with Gasteiger partial charge in [0.25, 0.3) is 0 Å². The second-order valence-corrected chi connectivity index (χ2v) is 6.50. The Kier molecular flexibility index (Phi) is 5.31. The predicted molar refractivity (Wildman–Crippen MR) is 75.5 cm³/mol. The molecule has 5 nitrogen and oxygen atoms in total. The van der Waals surface area contributed by atoms with Gasteiger partial charge in [0.05, 0.1) is 18.1 Å². The van der Waals surface area contributed by atoms with Gasteiger partial charge in [0, 0.05) is 11.6 Å². The van der Waals surface area contributed by atoms with E-state index in [1.165, 1.54) is 0 Å². The molecule has 0 aromatic carbocycles. The molecule has 0 radical (unpaired) electrons. The fraction of sp³-hybridized carbons (Fsp3) is 0.615. The molecule has 19 heavy (non-hydrogen) atoms. The Balaban J connectivity index is 2.83. The number of rotatable bonds is 7. The van der Waals surface area contributed by atoms with E-state index in [2.05, 4.69) is 4.98 Å². The number of ether oxygens (including phenoxy) is 1. The minimum atomic E-state index is -3.52. The standard InChI is InChI=1S/C13H22N2O3S/c1-4-13(5-2,10-19(14,16)17)9-18-12-7-6-8-15-11(12)3/h6-8H,4-5,9-10H2,1-3H3,(H2,14,16,17). The molecule has 0 atom stereocenters. The van der Waals surface area contributed by atoms with E-state index in [1.807, 2.05) is 26.8 Å². The van der Waals surface area contributed by atoms with Crippen molar-refractivity contribution >= 4 is 10.0 Å². The van der Waals surface area contributed by atoms with E-state index in [0.717, 1.165) is 5.69 Å². The average Bonchev–Trinajstić information content (AvgIpc) is 2.35. The molecule has 0 saturated heterocycles. The van der Waals surface area contributed by atoms with Crippen molar-refractivity contribution in [2.75, 3.05) is 12.4 Å². The van der Waals surface area contributed by atoms with E-state index in [9.17, 15) is 8.42 Å². The summed E-state index contributed by atoms with van der Waals surface area (Å²) in [4.78, 5) is 4.14. The summed E-state index contributed by atoms with van der Waals surface area (Å²) in [6.45, 7) is 6.08. The van der Waals surface area contributed by atoms with Crippen LogP contribution in [0, 0.1) is 12.3 Å². The molecule has 6 heteroatoms. The Morgan fingerprint density at radius 1 is 1.37 bits per heavy atom. The van der Waals surface area contributed by atoms with Crippen LogP contribution in [0.25, 0.3) is 0 Å². The van der Waals surface area contributed by atoms with Crippen LogP contribution in [0.2, 0.25) is 0 Å². The summed E-state index contributed by atoms with van der Waals surface area (Å²) in [5.41, 5.74) is 0.342. The molecule has 0 saturated carbocycles. The number of primary sulfonamides is 1. The Morgan fingerprint density at radius 3 is 2.47 bits per heavy atom. The summed E-state index contributed by atoms with van der Waals surface area (Å²) in [5.74, 6) is 0.620. The van der Waals surface area contributed by atoms with Crippen molar-refractivity contribution in [1.29, 1.82) is 0 Å². The van der Waals surface area contributed by atoms with Gasteiger partial charge < -0.3 is 4.74 Å². The van der Waals surface area contributed by atoms with Crippen LogP contribution in [0.1, 0.15) is 32.4 Å². The lowest BCUT2D eigenvalue weighted by Gasteiger charge is -2.30. The van der Waals surface area contributed by atoms with Gasteiger partial charge in [-0.25, -0.2) is 13.6 Å². The molecule has 0 unspecified atom stereocenters. The summed E-state index contributed by atoms with van der Waals surface area (Å²) in [6.07, 6.45) is 3.08. The molecular weight excluding hydrogens is 264 g/mol. The Hall–Kier alpha value is -1.14. The molecule has 1 aromatic rings. The van der Waals surface area contributed by atoms with Gasteiger partial charge in [0.2, 0.25) is 10.0 Å². The van der Waals surface area contributed by atoms with Gasteiger partial charge in [0.15, 0.2) is 0 Å². The number of nitrogens with two attached hydrogens (primary N) is 1. The first-order valence-corrected chi connectivity index (χ1v) is 8.08. The lowest BCUT2D eigenvalue weighted by Crippen LogP contribution is -2.37. The second kappa shape index (κ2) is 6.34. The summed E-state index contributed by atoms with van der Waals surface area (Å²) in [5, 5.41) is 5.18. The van der Waals surface area contributed by atoms with E-state index in [-0.39, 0.29) is 5.75 Å². The minimum Gasteiger partial charge on any atom is -0.491 e. The van der Waals surface area contributed by atoms with Crippen molar-refractivity contribution in [3.8, 4) is 5.75 Å². The van der Waals surface area contributed by atoms with Crippen molar-refractivity contribution in [3.05, 3.63) is 24.0 Å². The van der Waals surface area contributed by atoms with Gasteiger partial charge in [-0.1, -0.05) is 13.8 Å². The van der Waals surface area contributed by atoms with Gasteiger partial charge in [-0.15, -0.1) is 0 Å². The number of sulfonamides is 1. The number of aromatic nitrogens is 1. The fourth-order valence-corrected chi connectivity index (χ4v) is 3.32. The first-order valence-electron chi connectivity index (χ1n) is 6.37. The first kappa shape index (κ1) is 15.9. The molecule has 0 fully saturated rings. The van der Waals surface area contributed by atoms with Crippen LogP contribution in [-0.2, 0) is 10.0 Å². The molecule has 0 aliphatic rings. The molecule has 0 aliphatic heterocycles. The van der Waals surface area contributed by atoms with Crippen LogP contribution in [0.5, 0.6) is 5.75 Å². The number of nitrogens with zero attached hydrogens (tertiary/aromatic N) is 1. The lowest BCUT2D eigenvalue weighted by molar-refractivity contribution is 0.153. The second-order valence-electron chi connectivity index (χ2n) is 4.89. The monoisotopic (exact) mass is 286 g/mol. The van der Waals surface area contributed by atoms with Crippen LogP contribution in [-0.4, -0.2) is 25.8 Å². The highest BCUT2D eigenvalue weighted by molar-refractivity contribution is 7.89. The Bertz CT molecular complexity index is 510. The average molecular weight is 286 g/mol. The van der Waals surface area contributed by atoms with Crippen LogP contribution in [0.4, 0.5) is 0 Å². The molecular formula is C13H22N2O3S. The highest BCUT2D eigenvalue weighted by Gasteiger charge is 2.32. The molecule has 1 aromatic heterocycles. The molecule has 1 rings (SSSR count). The number of hydrogen-bond donors (Lipinski definition) is 1. The van der Waals surface area contributed by atoms with Crippen molar-refractivity contribution < 1.29 is 13.2 Å². The minimum absolute atomic E-state index is 0.0632.